The van der Waals surface area contributed by atoms with Crippen LogP contribution in [0.15, 0.2) is 16.8 Å². The normalized spacial score (nSPS) is 12.1. The number of nitrogens with one attached hydrogen (secondary N) is 2. The summed E-state index contributed by atoms with van der Waals surface area (Å²) in [6.45, 7) is 4.91. The molecule has 2 amide bonds. The summed E-state index contributed by atoms with van der Waals surface area (Å²) in [6, 6.07) is 1.59. The van der Waals surface area contributed by atoms with Gasteiger partial charge < -0.3 is 15.7 Å². The zero-order valence-electron chi connectivity index (χ0n) is 12.8. The van der Waals surface area contributed by atoms with Crippen LogP contribution in [-0.4, -0.2) is 29.2 Å². The van der Waals surface area contributed by atoms with Crippen molar-refractivity contribution in [2.75, 3.05) is 13.1 Å². The number of aliphatic hydroxyl groups is 1. The molecule has 0 bridgehead atoms. The lowest BCUT2D eigenvalue weighted by molar-refractivity contribution is 0.173. The van der Waals surface area contributed by atoms with Gasteiger partial charge in [-0.15, -0.1) is 11.3 Å². The van der Waals surface area contributed by atoms with Gasteiger partial charge in [0.2, 0.25) is 0 Å². The Labute approximate surface area is 138 Å². The van der Waals surface area contributed by atoms with Crippen LogP contribution in [0.3, 0.4) is 0 Å². The number of thiophene rings is 1. The maximum Gasteiger partial charge on any atom is 0.314 e. The number of nitrogens with zero attached hydrogens (tertiary/aromatic N) is 1. The SMILES string of the molecule is CCc1nc(CCNC(=O)NCC(O)c2ccsc2)sc1C. The molecule has 1 unspecified atom stereocenters. The first-order chi connectivity index (χ1) is 10.6. The van der Waals surface area contributed by atoms with E-state index in [-0.39, 0.29) is 12.6 Å². The predicted octanol–water partition coefficient (Wildman–Crippen LogP) is 2.65. The summed E-state index contributed by atoms with van der Waals surface area (Å²) >= 11 is 3.21. The van der Waals surface area contributed by atoms with Crippen LogP contribution in [0, 0.1) is 6.92 Å². The number of thiazole rings is 1. The number of aliphatic hydroxyl groups excluding tert-OH is 1. The Kier molecular flexibility index (Phi) is 6.35. The molecule has 120 valence electrons. The molecule has 0 aliphatic rings. The highest BCUT2D eigenvalue weighted by Gasteiger charge is 2.10. The van der Waals surface area contributed by atoms with Gasteiger partial charge >= 0.3 is 6.03 Å². The van der Waals surface area contributed by atoms with Crippen molar-refractivity contribution in [2.45, 2.75) is 32.8 Å². The van der Waals surface area contributed by atoms with Crippen LogP contribution in [0.25, 0.3) is 0 Å². The van der Waals surface area contributed by atoms with E-state index in [1.54, 1.807) is 11.3 Å². The molecule has 0 aliphatic heterocycles. The van der Waals surface area contributed by atoms with Gasteiger partial charge in [0.15, 0.2) is 0 Å². The van der Waals surface area contributed by atoms with Gasteiger partial charge in [-0.3, -0.25) is 0 Å². The van der Waals surface area contributed by atoms with E-state index in [0.717, 1.165) is 29.1 Å². The van der Waals surface area contributed by atoms with E-state index in [0.29, 0.717) is 6.54 Å². The van der Waals surface area contributed by atoms with Gasteiger partial charge in [-0.1, -0.05) is 6.92 Å². The maximum atomic E-state index is 11.7. The summed E-state index contributed by atoms with van der Waals surface area (Å²) in [5, 5.41) is 20.2. The number of carbonyl (C=O) groups is 1. The number of urea groups is 1. The molecule has 0 aromatic carbocycles. The molecule has 3 N–H and O–H groups in total. The van der Waals surface area contributed by atoms with Gasteiger partial charge in [0.05, 0.1) is 16.8 Å². The summed E-state index contributed by atoms with van der Waals surface area (Å²) in [7, 11) is 0. The fourth-order valence-corrected chi connectivity index (χ4v) is 3.77. The van der Waals surface area contributed by atoms with Crippen molar-refractivity contribution in [1.82, 2.24) is 15.6 Å². The quantitative estimate of drug-likeness (QED) is 0.726. The van der Waals surface area contributed by atoms with Crippen molar-refractivity contribution >= 4 is 28.7 Å². The fourth-order valence-electron chi connectivity index (χ4n) is 2.04. The van der Waals surface area contributed by atoms with Crippen LogP contribution in [0.2, 0.25) is 0 Å². The van der Waals surface area contributed by atoms with Gasteiger partial charge in [0, 0.05) is 24.4 Å². The molecule has 0 saturated heterocycles. The van der Waals surface area contributed by atoms with Crippen molar-refractivity contribution in [1.29, 1.82) is 0 Å². The molecular formula is C15H21N3O2S2. The third-order valence-corrected chi connectivity index (χ3v) is 5.05. The number of aryl methyl sites for hydroxylation is 2. The van der Waals surface area contributed by atoms with Crippen molar-refractivity contribution in [3.8, 4) is 0 Å². The second-order valence-electron chi connectivity index (χ2n) is 4.92. The van der Waals surface area contributed by atoms with E-state index in [1.165, 1.54) is 16.2 Å². The molecule has 2 aromatic rings. The Morgan fingerprint density at radius 2 is 2.27 bits per heavy atom. The third-order valence-electron chi connectivity index (χ3n) is 3.28. The Hall–Kier alpha value is -1.44. The largest absolute Gasteiger partial charge is 0.387 e. The van der Waals surface area contributed by atoms with Crippen molar-refractivity contribution in [3.63, 3.8) is 0 Å². The van der Waals surface area contributed by atoms with E-state index < -0.39 is 6.10 Å². The molecule has 0 spiro atoms. The minimum absolute atomic E-state index is 0.207. The summed E-state index contributed by atoms with van der Waals surface area (Å²) in [5.41, 5.74) is 1.97. The van der Waals surface area contributed by atoms with Gasteiger partial charge in [-0.05, 0) is 35.7 Å². The standard InChI is InChI=1S/C15H21N3O2S2/c1-3-12-10(2)22-14(18-12)4-6-16-15(20)17-8-13(19)11-5-7-21-9-11/h5,7,9,13,19H,3-4,6,8H2,1-2H3,(H2,16,17,20). The van der Waals surface area contributed by atoms with E-state index in [2.05, 4.69) is 29.5 Å². The average molecular weight is 339 g/mol. The number of rotatable bonds is 7. The van der Waals surface area contributed by atoms with Gasteiger partial charge in [0.1, 0.15) is 0 Å². The van der Waals surface area contributed by atoms with Crippen LogP contribution in [-0.2, 0) is 12.8 Å². The first kappa shape index (κ1) is 16.9. The van der Waals surface area contributed by atoms with Crippen molar-refractivity contribution < 1.29 is 9.90 Å². The molecule has 5 nitrogen and oxygen atoms in total. The van der Waals surface area contributed by atoms with Crippen molar-refractivity contribution in [3.05, 3.63) is 38.0 Å². The monoisotopic (exact) mass is 339 g/mol. The molecular weight excluding hydrogens is 318 g/mol. The van der Waals surface area contributed by atoms with Crippen LogP contribution in [0.4, 0.5) is 4.79 Å². The highest BCUT2D eigenvalue weighted by molar-refractivity contribution is 7.11. The van der Waals surface area contributed by atoms with Crippen LogP contribution < -0.4 is 10.6 Å². The molecule has 0 saturated carbocycles. The Morgan fingerprint density at radius 3 is 2.91 bits per heavy atom. The number of carbonyl (C=O) groups excluding carboxylic acids is 1. The highest BCUT2D eigenvalue weighted by atomic mass is 32.1. The molecule has 1 atom stereocenters. The van der Waals surface area contributed by atoms with Crippen LogP contribution in [0.5, 0.6) is 0 Å². The smallest absolute Gasteiger partial charge is 0.314 e. The zero-order valence-corrected chi connectivity index (χ0v) is 14.4. The summed E-state index contributed by atoms with van der Waals surface area (Å²) in [4.78, 5) is 17.5. The van der Waals surface area contributed by atoms with E-state index in [4.69, 9.17) is 0 Å². The lowest BCUT2D eigenvalue weighted by atomic mass is 10.2. The van der Waals surface area contributed by atoms with Gasteiger partial charge in [0.25, 0.3) is 0 Å². The topological polar surface area (TPSA) is 74.2 Å². The summed E-state index contributed by atoms with van der Waals surface area (Å²) in [6.07, 6.45) is 1.01. The molecule has 2 rings (SSSR count). The maximum absolute atomic E-state index is 11.7. The molecule has 7 heteroatoms. The second-order valence-corrected chi connectivity index (χ2v) is 6.99. The lowest BCUT2D eigenvalue weighted by Gasteiger charge is -2.11. The number of hydrogen-bond donors (Lipinski definition) is 3. The van der Waals surface area contributed by atoms with Gasteiger partial charge in [-0.2, -0.15) is 11.3 Å². The van der Waals surface area contributed by atoms with Gasteiger partial charge in [-0.25, -0.2) is 9.78 Å². The summed E-state index contributed by atoms with van der Waals surface area (Å²) in [5.74, 6) is 0. The highest BCUT2D eigenvalue weighted by Crippen LogP contribution is 2.18. The average Bonchev–Trinajstić information content (AvgIpc) is 3.14. The third kappa shape index (κ3) is 4.79. The summed E-state index contributed by atoms with van der Waals surface area (Å²) < 4.78 is 0. The fraction of sp³-hybridized carbons (Fsp3) is 0.467. The lowest BCUT2D eigenvalue weighted by Crippen LogP contribution is -2.38. The minimum Gasteiger partial charge on any atom is -0.387 e. The van der Waals surface area contributed by atoms with E-state index in [9.17, 15) is 9.90 Å². The molecule has 22 heavy (non-hydrogen) atoms. The molecule has 0 radical (unpaired) electrons. The Balaban J connectivity index is 1.67. The van der Waals surface area contributed by atoms with E-state index >= 15 is 0 Å². The number of aromatic nitrogens is 1. The molecule has 0 fully saturated rings. The number of hydrogen-bond acceptors (Lipinski definition) is 5. The first-order valence-corrected chi connectivity index (χ1v) is 9.03. The van der Waals surface area contributed by atoms with Crippen LogP contribution in [0.1, 0.15) is 34.2 Å². The Bertz CT molecular complexity index is 596. The zero-order chi connectivity index (χ0) is 15.9. The number of amides is 2. The molecule has 2 heterocycles. The predicted molar refractivity (Wildman–Crippen MR) is 90.6 cm³/mol. The first-order valence-electron chi connectivity index (χ1n) is 7.27. The van der Waals surface area contributed by atoms with Crippen molar-refractivity contribution in [2.24, 2.45) is 0 Å². The second kappa shape index (κ2) is 8.26. The molecule has 2 aromatic heterocycles. The molecule has 0 aliphatic carbocycles. The van der Waals surface area contributed by atoms with Crippen LogP contribution >= 0.6 is 22.7 Å². The van der Waals surface area contributed by atoms with E-state index in [1.807, 2.05) is 16.8 Å². The Morgan fingerprint density at radius 1 is 1.45 bits per heavy atom. The minimum atomic E-state index is -0.661.